The van der Waals surface area contributed by atoms with Gasteiger partial charge in [-0.25, -0.2) is 4.79 Å². The van der Waals surface area contributed by atoms with Crippen LogP contribution in [0.3, 0.4) is 0 Å². The molecule has 0 saturated carbocycles. The van der Waals surface area contributed by atoms with Gasteiger partial charge in [-0.3, -0.25) is 0 Å². The summed E-state index contributed by atoms with van der Waals surface area (Å²) in [4.78, 5) is 11.1. The molecule has 108 valence electrons. The minimum absolute atomic E-state index is 0.167. The first-order valence-corrected chi connectivity index (χ1v) is 6.42. The summed E-state index contributed by atoms with van der Waals surface area (Å²) in [5.41, 5.74) is 2.05. The Kier molecular flexibility index (Phi) is 4.28. The molecule has 0 fully saturated rings. The first-order valence-electron chi connectivity index (χ1n) is 6.42. The highest BCUT2D eigenvalue weighted by Gasteiger charge is 2.16. The fraction of sp³-hybridized carbons (Fsp3) is 0.118. The van der Waals surface area contributed by atoms with Crippen molar-refractivity contribution in [3.63, 3.8) is 0 Å². The van der Waals surface area contributed by atoms with E-state index in [1.54, 1.807) is 6.92 Å². The predicted molar refractivity (Wildman–Crippen MR) is 80.5 cm³/mol. The standard InChI is InChI=1S/C17H16O4/c1-11(2)13-8-14(17(19)20)15(18)9-16(13)21-10-12-6-4-3-5-7-12/h3-9,18H,1,10H2,2H3,(H,19,20). The van der Waals surface area contributed by atoms with Crippen molar-refractivity contribution in [2.45, 2.75) is 13.5 Å². The second-order valence-corrected chi connectivity index (χ2v) is 4.73. The SMILES string of the molecule is C=C(C)c1cc(C(=O)O)c(O)cc1OCc1ccccc1. The Morgan fingerprint density at radius 3 is 2.43 bits per heavy atom. The Balaban J connectivity index is 2.32. The Hall–Kier alpha value is -2.75. The number of phenols is 1. The predicted octanol–water partition coefficient (Wildman–Crippen LogP) is 3.70. The zero-order chi connectivity index (χ0) is 15.4. The van der Waals surface area contributed by atoms with Gasteiger partial charge in [0.05, 0.1) is 0 Å². The molecule has 0 saturated heterocycles. The first-order chi connectivity index (χ1) is 9.99. The fourth-order valence-electron chi connectivity index (χ4n) is 1.93. The van der Waals surface area contributed by atoms with Crippen molar-refractivity contribution in [2.75, 3.05) is 0 Å². The Morgan fingerprint density at radius 1 is 1.19 bits per heavy atom. The zero-order valence-electron chi connectivity index (χ0n) is 11.7. The van der Waals surface area contributed by atoms with Crippen LogP contribution in [-0.4, -0.2) is 16.2 Å². The topological polar surface area (TPSA) is 66.8 Å². The van der Waals surface area contributed by atoms with Gasteiger partial charge < -0.3 is 14.9 Å². The summed E-state index contributed by atoms with van der Waals surface area (Å²) in [5, 5.41) is 18.8. The largest absolute Gasteiger partial charge is 0.507 e. The highest BCUT2D eigenvalue weighted by molar-refractivity contribution is 5.92. The second kappa shape index (κ2) is 6.13. The van der Waals surface area contributed by atoms with E-state index in [4.69, 9.17) is 9.84 Å². The van der Waals surface area contributed by atoms with Crippen LogP contribution < -0.4 is 4.74 Å². The van der Waals surface area contributed by atoms with Crippen molar-refractivity contribution in [3.05, 3.63) is 65.7 Å². The zero-order valence-corrected chi connectivity index (χ0v) is 11.7. The molecule has 2 aromatic rings. The Labute approximate surface area is 122 Å². The van der Waals surface area contributed by atoms with Crippen LogP contribution in [0.25, 0.3) is 5.57 Å². The van der Waals surface area contributed by atoms with Gasteiger partial charge in [0.1, 0.15) is 23.7 Å². The molecule has 21 heavy (non-hydrogen) atoms. The third-order valence-corrected chi connectivity index (χ3v) is 3.03. The van der Waals surface area contributed by atoms with Gasteiger partial charge >= 0.3 is 5.97 Å². The lowest BCUT2D eigenvalue weighted by Gasteiger charge is -2.13. The molecule has 4 heteroatoms. The summed E-state index contributed by atoms with van der Waals surface area (Å²) in [7, 11) is 0. The number of carbonyl (C=O) groups is 1. The average Bonchev–Trinajstić information content (AvgIpc) is 2.45. The third-order valence-electron chi connectivity index (χ3n) is 3.03. The van der Waals surface area contributed by atoms with Crippen LogP contribution in [0.1, 0.15) is 28.4 Å². The summed E-state index contributed by atoms with van der Waals surface area (Å²) in [6.45, 7) is 5.90. The Bertz CT molecular complexity index is 675. The smallest absolute Gasteiger partial charge is 0.339 e. The van der Waals surface area contributed by atoms with E-state index in [0.717, 1.165) is 5.56 Å². The number of aromatic carboxylic acids is 1. The van der Waals surface area contributed by atoms with E-state index in [1.807, 2.05) is 30.3 Å². The van der Waals surface area contributed by atoms with E-state index in [0.29, 0.717) is 23.5 Å². The molecule has 0 bridgehead atoms. The van der Waals surface area contributed by atoms with Gasteiger partial charge in [0.2, 0.25) is 0 Å². The summed E-state index contributed by atoms with van der Waals surface area (Å²) < 4.78 is 5.69. The highest BCUT2D eigenvalue weighted by atomic mass is 16.5. The molecule has 0 spiro atoms. The molecule has 0 heterocycles. The maximum absolute atomic E-state index is 11.1. The summed E-state index contributed by atoms with van der Waals surface area (Å²) in [6.07, 6.45) is 0. The first kappa shape index (κ1) is 14.7. The number of hydrogen-bond acceptors (Lipinski definition) is 3. The van der Waals surface area contributed by atoms with Gasteiger partial charge in [-0.05, 0) is 24.1 Å². The highest BCUT2D eigenvalue weighted by Crippen LogP contribution is 2.32. The quantitative estimate of drug-likeness (QED) is 0.878. The number of hydrogen-bond donors (Lipinski definition) is 2. The van der Waals surface area contributed by atoms with Crippen molar-refractivity contribution in [1.29, 1.82) is 0 Å². The van der Waals surface area contributed by atoms with Crippen LogP contribution >= 0.6 is 0 Å². The average molecular weight is 284 g/mol. The Morgan fingerprint density at radius 2 is 1.86 bits per heavy atom. The third kappa shape index (κ3) is 3.42. The molecule has 0 unspecified atom stereocenters. The number of benzene rings is 2. The van der Waals surface area contributed by atoms with Crippen LogP contribution in [0.4, 0.5) is 0 Å². The molecule has 0 radical (unpaired) electrons. The minimum atomic E-state index is -1.19. The number of allylic oxidation sites excluding steroid dienone is 1. The summed E-state index contributed by atoms with van der Waals surface area (Å²) in [6, 6.07) is 12.3. The van der Waals surface area contributed by atoms with Crippen molar-refractivity contribution in [3.8, 4) is 11.5 Å². The van der Waals surface area contributed by atoms with Crippen molar-refractivity contribution >= 4 is 11.5 Å². The molecule has 2 aromatic carbocycles. The van der Waals surface area contributed by atoms with Gasteiger partial charge in [0.25, 0.3) is 0 Å². The van der Waals surface area contributed by atoms with E-state index in [-0.39, 0.29) is 11.3 Å². The molecule has 0 atom stereocenters. The van der Waals surface area contributed by atoms with Gasteiger partial charge in [-0.15, -0.1) is 0 Å². The van der Waals surface area contributed by atoms with Crippen LogP contribution in [-0.2, 0) is 6.61 Å². The van der Waals surface area contributed by atoms with Crippen LogP contribution in [0, 0.1) is 0 Å². The van der Waals surface area contributed by atoms with Crippen LogP contribution in [0.5, 0.6) is 11.5 Å². The van der Waals surface area contributed by atoms with E-state index in [1.165, 1.54) is 12.1 Å². The van der Waals surface area contributed by atoms with E-state index >= 15 is 0 Å². The number of rotatable bonds is 5. The molecule has 0 aliphatic heterocycles. The van der Waals surface area contributed by atoms with Crippen molar-refractivity contribution < 1.29 is 19.7 Å². The van der Waals surface area contributed by atoms with E-state index in [9.17, 15) is 9.90 Å². The molecule has 0 aliphatic carbocycles. The minimum Gasteiger partial charge on any atom is -0.507 e. The maximum Gasteiger partial charge on any atom is 0.339 e. The molecule has 0 amide bonds. The van der Waals surface area contributed by atoms with Crippen LogP contribution in [0.15, 0.2) is 49.0 Å². The van der Waals surface area contributed by atoms with Gasteiger partial charge in [0, 0.05) is 11.6 Å². The van der Waals surface area contributed by atoms with E-state index < -0.39 is 5.97 Å². The van der Waals surface area contributed by atoms with Crippen molar-refractivity contribution in [2.24, 2.45) is 0 Å². The number of carboxylic acids is 1. The normalized spacial score (nSPS) is 10.1. The second-order valence-electron chi connectivity index (χ2n) is 4.73. The summed E-state index contributed by atoms with van der Waals surface area (Å²) in [5.74, 6) is -1.10. The monoisotopic (exact) mass is 284 g/mol. The number of aromatic hydroxyl groups is 1. The molecular weight excluding hydrogens is 268 g/mol. The molecule has 2 N–H and O–H groups in total. The van der Waals surface area contributed by atoms with Crippen molar-refractivity contribution in [1.82, 2.24) is 0 Å². The van der Waals surface area contributed by atoms with Gasteiger partial charge in [0.15, 0.2) is 0 Å². The maximum atomic E-state index is 11.1. The lowest BCUT2D eigenvalue weighted by Crippen LogP contribution is -2.02. The van der Waals surface area contributed by atoms with Gasteiger partial charge in [-0.2, -0.15) is 0 Å². The molecule has 0 aliphatic rings. The molecule has 2 rings (SSSR count). The number of ether oxygens (including phenoxy) is 1. The van der Waals surface area contributed by atoms with Gasteiger partial charge in [-0.1, -0.05) is 36.9 Å². The summed E-state index contributed by atoms with van der Waals surface area (Å²) >= 11 is 0. The molecule has 4 nitrogen and oxygen atoms in total. The molecule has 0 aromatic heterocycles. The fourth-order valence-corrected chi connectivity index (χ4v) is 1.93. The van der Waals surface area contributed by atoms with Crippen LogP contribution in [0.2, 0.25) is 0 Å². The lowest BCUT2D eigenvalue weighted by atomic mass is 10.0. The molecular formula is C17H16O4. The lowest BCUT2D eigenvalue weighted by molar-refractivity contribution is 0.0693. The van der Waals surface area contributed by atoms with E-state index in [2.05, 4.69) is 6.58 Å². The number of carboxylic acid groups (broad SMARTS) is 1.